The molecule has 1 atom stereocenters. The minimum Gasteiger partial charge on any atom is -0.330 e. The Kier molecular flexibility index (Phi) is 4.66. The van der Waals surface area contributed by atoms with Crippen LogP contribution in [0.3, 0.4) is 0 Å². The molecule has 0 aliphatic carbocycles. The van der Waals surface area contributed by atoms with Crippen LogP contribution < -0.4 is 5.73 Å². The highest BCUT2D eigenvalue weighted by molar-refractivity contribution is 6.42. The topological polar surface area (TPSA) is 26.0 Å². The van der Waals surface area contributed by atoms with Gasteiger partial charge in [-0.25, -0.2) is 0 Å². The van der Waals surface area contributed by atoms with Gasteiger partial charge in [0.25, 0.3) is 0 Å². The van der Waals surface area contributed by atoms with Crippen LogP contribution in [0, 0.1) is 5.41 Å². The molecule has 2 N–H and O–H groups in total. The van der Waals surface area contributed by atoms with Gasteiger partial charge in [0.15, 0.2) is 0 Å². The summed E-state index contributed by atoms with van der Waals surface area (Å²) in [4.78, 5) is 0. The van der Waals surface area contributed by atoms with E-state index in [0.717, 1.165) is 6.42 Å². The summed E-state index contributed by atoms with van der Waals surface area (Å²) < 4.78 is 0. The van der Waals surface area contributed by atoms with E-state index in [1.54, 1.807) is 0 Å². The molecule has 0 heterocycles. The lowest BCUT2D eigenvalue weighted by atomic mass is 9.75. The van der Waals surface area contributed by atoms with E-state index in [4.69, 9.17) is 28.9 Å². The van der Waals surface area contributed by atoms with Crippen LogP contribution in [-0.2, 0) is 0 Å². The number of benzene rings is 1. The monoisotopic (exact) mass is 259 g/mol. The van der Waals surface area contributed by atoms with Gasteiger partial charge in [0.05, 0.1) is 10.0 Å². The summed E-state index contributed by atoms with van der Waals surface area (Å²) in [5.41, 5.74) is 7.06. The van der Waals surface area contributed by atoms with Crippen molar-refractivity contribution in [3.63, 3.8) is 0 Å². The van der Waals surface area contributed by atoms with E-state index in [-0.39, 0.29) is 5.41 Å². The quantitative estimate of drug-likeness (QED) is 0.852. The van der Waals surface area contributed by atoms with Gasteiger partial charge >= 0.3 is 0 Å². The molecule has 0 bridgehead atoms. The molecule has 3 heteroatoms. The first-order chi connectivity index (χ1) is 7.36. The molecule has 0 aliphatic heterocycles. The second-order valence-electron chi connectivity index (χ2n) is 5.17. The average Bonchev–Trinajstić information content (AvgIpc) is 2.17. The van der Waals surface area contributed by atoms with Gasteiger partial charge in [-0.15, -0.1) is 0 Å². The van der Waals surface area contributed by atoms with Crippen LogP contribution in [0.5, 0.6) is 0 Å². The minimum absolute atomic E-state index is 0.177. The highest BCUT2D eigenvalue weighted by Crippen LogP contribution is 2.39. The predicted molar refractivity (Wildman–Crippen MR) is 72.3 cm³/mol. The molecule has 1 rings (SSSR count). The Morgan fingerprint density at radius 2 is 1.81 bits per heavy atom. The second-order valence-corrected chi connectivity index (χ2v) is 5.98. The smallest absolute Gasteiger partial charge is 0.0595 e. The standard InChI is InChI=1S/C13H19Cl2N/c1-13(2,3)10(6-7-16)9-4-5-11(14)12(15)8-9/h4-5,8,10H,6-7,16H2,1-3H3. The molecule has 0 radical (unpaired) electrons. The van der Waals surface area contributed by atoms with Crippen molar-refractivity contribution in [1.82, 2.24) is 0 Å². The normalized spacial score (nSPS) is 13.9. The minimum atomic E-state index is 0.177. The molecule has 1 unspecified atom stereocenters. The number of halogens is 2. The van der Waals surface area contributed by atoms with Crippen molar-refractivity contribution in [2.24, 2.45) is 11.1 Å². The molecule has 16 heavy (non-hydrogen) atoms. The van der Waals surface area contributed by atoms with E-state index in [2.05, 4.69) is 20.8 Å². The average molecular weight is 260 g/mol. The maximum atomic E-state index is 6.04. The highest BCUT2D eigenvalue weighted by atomic mass is 35.5. The Morgan fingerprint density at radius 3 is 2.25 bits per heavy atom. The third-order valence-corrected chi connectivity index (χ3v) is 3.59. The van der Waals surface area contributed by atoms with Gasteiger partial charge in [-0.05, 0) is 42.0 Å². The van der Waals surface area contributed by atoms with Gasteiger partial charge in [0.2, 0.25) is 0 Å². The van der Waals surface area contributed by atoms with Crippen molar-refractivity contribution >= 4 is 23.2 Å². The molecule has 0 fully saturated rings. The number of hydrogen-bond donors (Lipinski definition) is 1. The predicted octanol–water partition coefficient (Wildman–Crippen LogP) is 4.47. The summed E-state index contributed by atoms with van der Waals surface area (Å²) in [6, 6.07) is 5.85. The lowest BCUT2D eigenvalue weighted by Crippen LogP contribution is -2.21. The van der Waals surface area contributed by atoms with Crippen LogP contribution in [0.2, 0.25) is 10.0 Å². The number of hydrogen-bond acceptors (Lipinski definition) is 1. The van der Waals surface area contributed by atoms with E-state index in [0.29, 0.717) is 22.5 Å². The largest absolute Gasteiger partial charge is 0.330 e. The lowest BCUT2D eigenvalue weighted by Gasteiger charge is -2.31. The van der Waals surface area contributed by atoms with Crippen molar-refractivity contribution in [3.8, 4) is 0 Å². The molecule has 0 aliphatic rings. The van der Waals surface area contributed by atoms with Crippen LogP contribution in [-0.4, -0.2) is 6.54 Å². The second kappa shape index (κ2) is 5.39. The van der Waals surface area contributed by atoms with Crippen molar-refractivity contribution < 1.29 is 0 Å². The molecular weight excluding hydrogens is 241 g/mol. The van der Waals surface area contributed by atoms with E-state index in [1.165, 1.54) is 5.56 Å². The fraction of sp³-hybridized carbons (Fsp3) is 0.538. The maximum absolute atomic E-state index is 6.04. The Balaban J connectivity index is 3.06. The highest BCUT2D eigenvalue weighted by Gasteiger charge is 2.25. The summed E-state index contributed by atoms with van der Waals surface area (Å²) in [5.74, 6) is 0.410. The fourth-order valence-corrected chi connectivity index (χ4v) is 2.30. The van der Waals surface area contributed by atoms with Crippen LogP contribution in [0.4, 0.5) is 0 Å². The molecule has 0 saturated carbocycles. The number of nitrogens with two attached hydrogens (primary N) is 1. The summed E-state index contributed by atoms with van der Waals surface area (Å²) in [6.07, 6.45) is 0.960. The Labute approximate surface area is 108 Å². The first-order valence-corrected chi connectivity index (χ1v) is 6.27. The summed E-state index contributed by atoms with van der Waals surface area (Å²) >= 11 is 12.0. The van der Waals surface area contributed by atoms with Crippen LogP contribution in [0.1, 0.15) is 38.7 Å². The Hall–Kier alpha value is -0.240. The Morgan fingerprint density at radius 1 is 1.19 bits per heavy atom. The molecule has 0 amide bonds. The van der Waals surface area contributed by atoms with Crippen molar-refractivity contribution in [3.05, 3.63) is 33.8 Å². The number of rotatable bonds is 3. The van der Waals surface area contributed by atoms with Crippen molar-refractivity contribution in [2.75, 3.05) is 6.54 Å². The van der Waals surface area contributed by atoms with Crippen molar-refractivity contribution in [1.29, 1.82) is 0 Å². The molecule has 1 nitrogen and oxygen atoms in total. The zero-order valence-electron chi connectivity index (χ0n) is 10.1. The summed E-state index contributed by atoms with van der Waals surface area (Å²) in [7, 11) is 0. The molecule has 0 spiro atoms. The van der Waals surface area contributed by atoms with Gasteiger partial charge in [-0.1, -0.05) is 50.0 Å². The van der Waals surface area contributed by atoms with Crippen LogP contribution in [0.15, 0.2) is 18.2 Å². The van der Waals surface area contributed by atoms with E-state index >= 15 is 0 Å². The zero-order valence-corrected chi connectivity index (χ0v) is 11.6. The van der Waals surface area contributed by atoms with Gasteiger partial charge in [0, 0.05) is 0 Å². The molecule has 90 valence electrons. The van der Waals surface area contributed by atoms with E-state index in [9.17, 15) is 0 Å². The van der Waals surface area contributed by atoms with Gasteiger partial charge < -0.3 is 5.73 Å². The molecule has 1 aromatic rings. The first-order valence-electron chi connectivity index (χ1n) is 5.51. The fourth-order valence-electron chi connectivity index (χ4n) is 2.00. The lowest BCUT2D eigenvalue weighted by molar-refractivity contribution is 0.308. The third-order valence-electron chi connectivity index (χ3n) is 2.85. The maximum Gasteiger partial charge on any atom is 0.0595 e. The van der Waals surface area contributed by atoms with Crippen LogP contribution in [0.25, 0.3) is 0 Å². The molecule has 0 saturated heterocycles. The zero-order chi connectivity index (χ0) is 12.3. The van der Waals surface area contributed by atoms with E-state index < -0.39 is 0 Å². The molecular formula is C13H19Cl2N. The molecule has 0 aromatic heterocycles. The SMILES string of the molecule is CC(C)(C)C(CCN)c1ccc(Cl)c(Cl)c1. The van der Waals surface area contributed by atoms with Crippen molar-refractivity contribution in [2.45, 2.75) is 33.1 Å². The summed E-state index contributed by atoms with van der Waals surface area (Å²) in [5, 5.41) is 1.22. The third kappa shape index (κ3) is 3.38. The summed E-state index contributed by atoms with van der Waals surface area (Å²) in [6.45, 7) is 7.34. The van der Waals surface area contributed by atoms with Crippen LogP contribution >= 0.6 is 23.2 Å². The van der Waals surface area contributed by atoms with Gasteiger partial charge in [-0.2, -0.15) is 0 Å². The van der Waals surface area contributed by atoms with Gasteiger partial charge in [-0.3, -0.25) is 0 Å². The molecule has 1 aromatic carbocycles. The Bertz CT molecular complexity index is 355. The first kappa shape index (κ1) is 13.8. The van der Waals surface area contributed by atoms with Gasteiger partial charge in [0.1, 0.15) is 0 Å². The van der Waals surface area contributed by atoms with E-state index in [1.807, 2.05) is 18.2 Å².